The molecule has 3 heteroatoms. The van der Waals surface area contributed by atoms with Crippen molar-refractivity contribution in [3.05, 3.63) is 0 Å². The molecule has 1 saturated heterocycles. The highest BCUT2D eigenvalue weighted by Gasteiger charge is 2.35. The van der Waals surface area contributed by atoms with E-state index in [1.807, 2.05) is 0 Å². The Morgan fingerprint density at radius 2 is 1.82 bits per heavy atom. The van der Waals surface area contributed by atoms with E-state index >= 15 is 0 Å². The molecule has 2 fully saturated rings. The zero-order valence-electron chi connectivity index (χ0n) is 11.2. The first-order chi connectivity index (χ1) is 8.31. The number of methoxy groups -OCH3 is 1. The maximum Gasteiger partial charge on any atom is 0.0589 e. The Labute approximate surface area is 106 Å². The number of hydrogen-bond acceptors (Lipinski definition) is 3. The van der Waals surface area contributed by atoms with Gasteiger partial charge in [0.05, 0.1) is 6.61 Å². The van der Waals surface area contributed by atoms with Crippen molar-refractivity contribution in [2.45, 2.75) is 44.6 Å². The van der Waals surface area contributed by atoms with Gasteiger partial charge in [0, 0.05) is 32.8 Å². The molecule has 2 rings (SSSR count). The molecule has 1 aliphatic heterocycles. The van der Waals surface area contributed by atoms with Crippen LogP contribution >= 0.6 is 0 Å². The minimum absolute atomic E-state index is 0.398. The van der Waals surface area contributed by atoms with E-state index in [1.54, 1.807) is 7.11 Å². The molecule has 2 aliphatic rings. The average molecular weight is 240 g/mol. The predicted molar refractivity (Wildman–Crippen MR) is 71.0 cm³/mol. The summed E-state index contributed by atoms with van der Waals surface area (Å²) in [5.41, 5.74) is 6.34. The van der Waals surface area contributed by atoms with Crippen molar-refractivity contribution < 1.29 is 4.74 Å². The molecule has 1 saturated carbocycles. The molecule has 0 aromatic heterocycles. The third-order valence-electron chi connectivity index (χ3n) is 4.60. The van der Waals surface area contributed by atoms with Crippen LogP contribution < -0.4 is 5.73 Å². The molecule has 17 heavy (non-hydrogen) atoms. The molecule has 3 nitrogen and oxygen atoms in total. The molecule has 2 N–H and O–H groups in total. The molecule has 2 atom stereocenters. The number of ether oxygens (including phenoxy) is 1. The van der Waals surface area contributed by atoms with Crippen LogP contribution in [0.4, 0.5) is 0 Å². The van der Waals surface area contributed by atoms with Crippen LogP contribution in [0.2, 0.25) is 0 Å². The van der Waals surface area contributed by atoms with Crippen molar-refractivity contribution in [3.63, 3.8) is 0 Å². The highest BCUT2D eigenvalue weighted by Crippen LogP contribution is 2.33. The van der Waals surface area contributed by atoms with E-state index in [1.165, 1.54) is 45.1 Å². The number of nitrogens with zero attached hydrogens (tertiary/aromatic N) is 1. The summed E-state index contributed by atoms with van der Waals surface area (Å²) in [6.45, 7) is 4.16. The quantitative estimate of drug-likeness (QED) is 0.762. The van der Waals surface area contributed by atoms with Gasteiger partial charge >= 0.3 is 0 Å². The van der Waals surface area contributed by atoms with Gasteiger partial charge in [0.15, 0.2) is 0 Å². The van der Waals surface area contributed by atoms with Crippen LogP contribution in [0.5, 0.6) is 0 Å². The second-order valence-electron chi connectivity index (χ2n) is 5.83. The van der Waals surface area contributed by atoms with Gasteiger partial charge in [0.1, 0.15) is 0 Å². The van der Waals surface area contributed by atoms with Crippen LogP contribution in [0, 0.1) is 11.8 Å². The van der Waals surface area contributed by atoms with Crippen molar-refractivity contribution in [2.75, 3.05) is 33.4 Å². The third kappa shape index (κ3) is 3.67. The van der Waals surface area contributed by atoms with Gasteiger partial charge in [-0.25, -0.2) is 0 Å². The Morgan fingerprint density at radius 1 is 1.12 bits per heavy atom. The first kappa shape index (κ1) is 13.3. The number of likely N-dealkylation sites (tertiary alicyclic amines) is 1. The molecule has 0 radical (unpaired) electrons. The van der Waals surface area contributed by atoms with Gasteiger partial charge < -0.3 is 10.5 Å². The first-order valence-corrected chi connectivity index (χ1v) is 7.28. The van der Waals surface area contributed by atoms with Crippen LogP contribution in [0.25, 0.3) is 0 Å². The highest BCUT2D eigenvalue weighted by molar-refractivity contribution is 4.91. The summed E-state index contributed by atoms with van der Waals surface area (Å²) in [6, 6.07) is 0.398. The molecule has 0 aromatic rings. The van der Waals surface area contributed by atoms with Crippen molar-refractivity contribution in [1.82, 2.24) is 4.90 Å². The van der Waals surface area contributed by atoms with Gasteiger partial charge in [0.2, 0.25) is 0 Å². The zero-order valence-corrected chi connectivity index (χ0v) is 11.2. The summed E-state index contributed by atoms with van der Waals surface area (Å²) in [4.78, 5) is 2.49. The summed E-state index contributed by atoms with van der Waals surface area (Å²) in [5, 5.41) is 0. The maximum absolute atomic E-state index is 6.34. The lowest BCUT2D eigenvalue weighted by Gasteiger charge is -2.25. The van der Waals surface area contributed by atoms with Crippen LogP contribution in [-0.4, -0.2) is 44.3 Å². The largest absolute Gasteiger partial charge is 0.383 e. The van der Waals surface area contributed by atoms with Gasteiger partial charge in [0.25, 0.3) is 0 Å². The molecule has 100 valence electrons. The fourth-order valence-corrected chi connectivity index (χ4v) is 3.58. The van der Waals surface area contributed by atoms with Gasteiger partial charge in [-0.2, -0.15) is 0 Å². The fraction of sp³-hybridized carbons (Fsp3) is 1.00. The van der Waals surface area contributed by atoms with E-state index in [2.05, 4.69) is 4.90 Å². The van der Waals surface area contributed by atoms with E-state index in [0.29, 0.717) is 6.04 Å². The summed E-state index contributed by atoms with van der Waals surface area (Å²) in [7, 11) is 1.78. The third-order valence-corrected chi connectivity index (χ3v) is 4.60. The van der Waals surface area contributed by atoms with Gasteiger partial charge in [-0.3, -0.25) is 4.90 Å². The van der Waals surface area contributed by atoms with Gasteiger partial charge in [-0.1, -0.05) is 38.5 Å². The topological polar surface area (TPSA) is 38.5 Å². The van der Waals surface area contributed by atoms with Crippen molar-refractivity contribution in [2.24, 2.45) is 17.6 Å². The predicted octanol–water partition coefficient (Wildman–Crippen LogP) is 1.86. The second kappa shape index (κ2) is 6.72. The normalized spacial score (nSPS) is 32.8. The maximum atomic E-state index is 6.34. The SMILES string of the molecule is COCCN1C[C@@H](N)[C@H](C2CCCCCC2)C1. The Bertz CT molecular complexity index is 214. The Morgan fingerprint density at radius 3 is 2.47 bits per heavy atom. The molecule has 0 amide bonds. The Balaban J connectivity index is 1.83. The smallest absolute Gasteiger partial charge is 0.0589 e. The molecule has 1 heterocycles. The van der Waals surface area contributed by atoms with Crippen LogP contribution in [-0.2, 0) is 4.74 Å². The summed E-state index contributed by atoms with van der Waals surface area (Å²) >= 11 is 0. The van der Waals surface area contributed by atoms with Crippen molar-refractivity contribution in [3.8, 4) is 0 Å². The van der Waals surface area contributed by atoms with Gasteiger partial charge in [-0.05, 0) is 11.8 Å². The monoisotopic (exact) mass is 240 g/mol. The lowest BCUT2D eigenvalue weighted by Crippen LogP contribution is -2.33. The summed E-state index contributed by atoms with van der Waals surface area (Å²) in [6.07, 6.45) is 8.54. The van der Waals surface area contributed by atoms with Crippen molar-refractivity contribution in [1.29, 1.82) is 0 Å². The first-order valence-electron chi connectivity index (χ1n) is 7.28. The number of nitrogens with two attached hydrogens (primary N) is 1. The van der Waals surface area contributed by atoms with E-state index < -0.39 is 0 Å². The molecule has 0 aromatic carbocycles. The highest BCUT2D eigenvalue weighted by atomic mass is 16.5. The molecular formula is C14H28N2O. The second-order valence-corrected chi connectivity index (χ2v) is 5.83. The standard InChI is InChI=1S/C14H28N2O/c1-17-9-8-16-10-13(14(15)11-16)12-6-4-2-3-5-7-12/h12-14H,2-11,15H2,1H3/t13-,14+/m0/s1. The number of rotatable bonds is 4. The average Bonchev–Trinajstić information content (AvgIpc) is 2.56. The zero-order chi connectivity index (χ0) is 12.1. The summed E-state index contributed by atoms with van der Waals surface area (Å²) < 4.78 is 5.16. The summed E-state index contributed by atoms with van der Waals surface area (Å²) in [5.74, 6) is 1.63. The molecule has 0 bridgehead atoms. The molecule has 1 aliphatic carbocycles. The van der Waals surface area contributed by atoms with Gasteiger partial charge in [-0.15, -0.1) is 0 Å². The Hall–Kier alpha value is -0.120. The molecular weight excluding hydrogens is 212 g/mol. The lowest BCUT2D eigenvalue weighted by atomic mass is 9.83. The lowest BCUT2D eigenvalue weighted by molar-refractivity contribution is 0.155. The molecule has 0 spiro atoms. The van der Waals surface area contributed by atoms with Crippen LogP contribution in [0.1, 0.15) is 38.5 Å². The van der Waals surface area contributed by atoms with E-state index in [4.69, 9.17) is 10.5 Å². The molecule has 0 unspecified atom stereocenters. The van der Waals surface area contributed by atoms with E-state index in [-0.39, 0.29) is 0 Å². The van der Waals surface area contributed by atoms with Crippen LogP contribution in [0.15, 0.2) is 0 Å². The fourth-order valence-electron chi connectivity index (χ4n) is 3.58. The number of hydrogen-bond donors (Lipinski definition) is 1. The minimum Gasteiger partial charge on any atom is -0.383 e. The van der Waals surface area contributed by atoms with Crippen molar-refractivity contribution >= 4 is 0 Å². The Kier molecular flexibility index (Phi) is 5.26. The van der Waals surface area contributed by atoms with E-state index in [9.17, 15) is 0 Å². The van der Waals surface area contributed by atoms with E-state index in [0.717, 1.165) is 31.5 Å². The minimum atomic E-state index is 0.398. The van der Waals surface area contributed by atoms with Crippen LogP contribution in [0.3, 0.4) is 0 Å².